The van der Waals surface area contributed by atoms with Gasteiger partial charge in [-0.05, 0) is 35.7 Å². The fourth-order valence-electron chi connectivity index (χ4n) is 3.56. The first-order valence-corrected chi connectivity index (χ1v) is 9.36. The molecule has 5 nitrogen and oxygen atoms in total. The van der Waals surface area contributed by atoms with Gasteiger partial charge in [-0.3, -0.25) is 9.59 Å². The first kappa shape index (κ1) is 17.6. The fraction of sp³-hybridized carbons (Fsp3) is 0.238. The number of rotatable bonds is 5. The minimum absolute atomic E-state index is 0.0203. The normalized spacial score (nSPS) is 16.9. The van der Waals surface area contributed by atoms with Gasteiger partial charge in [0.2, 0.25) is 11.8 Å². The van der Waals surface area contributed by atoms with Crippen LogP contribution in [0.15, 0.2) is 54.7 Å². The second kappa shape index (κ2) is 7.45. The molecule has 1 saturated heterocycles. The highest BCUT2D eigenvalue weighted by atomic mass is 35.5. The van der Waals surface area contributed by atoms with E-state index in [1.165, 1.54) is 0 Å². The van der Waals surface area contributed by atoms with E-state index in [0.717, 1.165) is 22.0 Å². The summed E-state index contributed by atoms with van der Waals surface area (Å²) in [4.78, 5) is 30.0. The smallest absolute Gasteiger partial charge is 0.243 e. The molecule has 138 valence electrons. The van der Waals surface area contributed by atoms with Crippen molar-refractivity contribution < 1.29 is 9.59 Å². The van der Waals surface area contributed by atoms with Crippen LogP contribution in [0.4, 0.5) is 0 Å². The molecule has 0 spiro atoms. The van der Waals surface area contributed by atoms with Gasteiger partial charge in [0.15, 0.2) is 0 Å². The Kier molecular flexibility index (Phi) is 4.86. The number of aromatic nitrogens is 1. The van der Waals surface area contributed by atoms with Gasteiger partial charge in [0.05, 0.1) is 0 Å². The number of hydrogen-bond acceptors (Lipinski definition) is 2. The van der Waals surface area contributed by atoms with E-state index in [1.54, 1.807) is 17.0 Å². The Labute approximate surface area is 162 Å². The number of fused-ring (bicyclic) bond motifs is 1. The Balaban J connectivity index is 1.46. The van der Waals surface area contributed by atoms with E-state index in [-0.39, 0.29) is 11.8 Å². The van der Waals surface area contributed by atoms with Gasteiger partial charge in [0, 0.05) is 41.6 Å². The summed E-state index contributed by atoms with van der Waals surface area (Å²) < 4.78 is 0. The highest BCUT2D eigenvalue weighted by Gasteiger charge is 2.36. The molecule has 1 aromatic heterocycles. The number of hydrogen-bond donors (Lipinski definition) is 2. The summed E-state index contributed by atoms with van der Waals surface area (Å²) in [5, 5.41) is 4.69. The minimum atomic E-state index is -0.432. The maximum absolute atomic E-state index is 12.7. The number of likely N-dealkylation sites (tertiary alicyclic amines) is 1. The summed E-state index contributed by atoms with van der Waals surface area (Å²) in [6.07, 6.45) is 2.87. The van der Waals surface area contributed by atoms with Crippen molar-refractivity contribution in [2.75, 3.05) is 0 Å². The highest BCUT2D eigenvalue weighted by Crippen LogP contribution is 2.25. The number of halogens is 1. The molecule has 1 fully saturated rings. The van der Waals surface area contributed by atoms with Crippen molar-refractivity contribution >= 4 is 34.3 Å². The second-order valence-corrected chi connectivity index (χ2v) is 7.22. The summed E-state index contributed by atoms with van der Waals surface area (Å²) in [6.45, 7) is 0.851. The van der Waals surface area contributed by atoms with E-state index in [2.05, 4.69) is 10.3 Å². The Morgan fingerprint density at radius 2 is 1.96 bits per heavy atom. The lowest BCUT2D eigenvalue weighted by atomic mass is 10.1. The predicted molar refractivity (Wildman–Crippen MR) is 105 cm³/mol. The van der Waals surface area contributed by atoms with Crippen molar-refractivity contribution in [1.82, 2.24) is 15.2 Å². The third-order valence-electron chi connectivity index (χ3n) is 5.03. The van der Waals surface area contributed by atoms with Gasteiger partial charge in [0.25, 0.3) is 0 Å². The first-order valence-electron chi connectivity index (χ1n) is 8.98. The molecule has 1 aliphatic rings. The summed E-state index contributed by atoms with van der Waals surface area (Å²) in [5.41, 5.74) is 3.03. The summed E-state index contributed by atoms with van der Waals surface area (Å²) in [6, 6.07) is 14.9. The molecule has 27 heavy (non-hydrogen) atoms. The third kappa shape index (κ3) is 3.69. The van der Waals surface area contributed by atoms with Gasteiger partial charge in [-0.1, -0.05) is 41.9 Å². The van der Waals surface area contributed by atoms with Crippen molar-refractivity contribution in [3.8, 4) is 0 Å². The van der Waals surface area contributed by atoms with Crippen LogP contribution in [0.5, 0.6) is 0 Å². The second-order valence-electron chi connectivity index (χ2n) is 6.78. The molecule has 1 aliphatic heterocycles. The van der Waals surface area contributed by atoms with Crippen LogP contribution < -0.4 is 5.32 Å². The van der Waals surface area contributed by atoms with Gasteiger partial charge in [-0.25, -0.2) is 0 Å². The Hall–Kier alpha value is -2.79. The maximum atomic E-state index is 12.7. The molecule has 4 rings (SSSR count). The number of benzene rings is 2. The topological polar surface area (TPSA) is 65.2 Å². The molecule has 1 atom stereocenters. The maximum Gasteiger partial charge on any atom is 0.243 e. The number of nitrogens with zero attached hydrogens (tertiary/aromatic N) is 1. The lowest BCUT2D eigenvalue weighted by molar-refractivity contribution is -0.135. The van der Waals surface area contributed by atoms with Crippen LogP contribution in [0.25, 0.3) is 10.9 Å². The van der Waals surface area contributed by atoms with Gasteiger partial charge in [0.1, 0.15) is 6.04 Å². The average Bonchev–Trinajstić information content (AvgIpc) is 3.26. The predicted octanol–water partition coefficient (Wildman–Crippen LogP) is 3.63. The molecule has 0 saturated carbocycles. The van der Waals surface area contributed by atoms with Gasteiger partial charge in [-0.2, -0.15) is 0 Å². The zero-order chi connectivity index (χ0) is 18.8. The molecular formula is C21H20ClN3O2. The Morgan fingerprint density at radius 1 is 1.19 bits per heavy atom. The zero-order valence-corrected chi connectivity index (χ0v) is 15.5. The number of para-hydroxylation sites is 1. The molecule has 2 heterocycles. The van der Waals surface area contributed by atoms with Crippen LogP contribution in [-0.4, -0.2) is 27.7 Å². The molecular weight excluding hydrogens is 362 g/mol. The largest absolute Gasteiger partial charge is 0.361 e. The van der Waals surface area contributed by atoms with Crippen LogP contribution in [0.3, 0.4) is 0 Å². The molecule has 2 amide bonds. The highest BCUT2D eigenvalue weighted by molar-refractivity contribution is 6.30. The first-order chi connectivity index (χ1) is 13.1. The molecule has 0 radical (unpaired) electrons. The molecule has 3 aromatic rings. The zero-order valence-electron chi connectivity index (χ0n) is 14.7. The van der Waals surface area contributed by atoms with Crippen molar-refractivity contribution in [3.63, 3.8) is 0 Å². The van der Waals surface area contributed by atoms with Crippen LogP contribution in [0.1, 0.15) is 24.0 Å². The standard InChI is InChI=1S/C21H20ClN3O2/c22-16-7-5-14(6-8-16)11-24-21(27)19-9-10-20(26)25(19)13-15-12-23-18-4-2-1-3-17(15)18/h1-8,12,19,23H,9-11,13H2,(H,24,27). The van der Waals surface area contributed by atoms with Crippen molar-refractivity contribution in [2.45, 2.75) is 32.0 Å². The van der Waals surface area contributed by atoms with Gasteiger partial charge < -0.3 is 15.2 Å². The SMILES string of the molecule is O=C(NCc1ccc(Cl)cc1)C1CCC(=O)N1Cc1c[nH]c2ccccc12. The number of H-pyrrole nitrogens is 1. The fourth-order valence-corrected chi connectivity index (χ4v) is 3.69. The molecule has 2 aromatic carbocycles. The third-order valence-corrected chi connectivity index (χ3v) is 5.28. The van der Waals surface area contributed by atoms with Gasteiger partial charge >= 0.3 is 0 Å². The average molecular weight is 382 g/mol. The van der Waals surface area contributed by atoms with Gasteiger partial charge in [-0.15, -0.1) is 0 Å². The van der Waals surface area contributed by atoms with E-state index in [9.17, 15) is 9.59 Å². The molecule has 6 heteroatoms. The monoisotopic (exact) mass is 381 g/mol. The van der Waals surface area contributed by atoms with Crippen LogP contribution >= 0.6 is 11.6 Å². The lowest BCUT2D eigenvalue weighted by Crippen LogP contribution is -2.44. The van der Waals surface area contributed by atoms with Crippen LogP contribution in [0, 0.1) is 0 Å². The van der Waals surface area contributed by atoms with E-state index in [0.29, 0.717) is 31.0 Å². The number of carbonyl (C=O) groups is 2. The van der Waals surface area contributed by atoms with Crippen molar-refractivity contribution in [2.24, 2.45) is 0 Å². The summed E-state index contributed by atoms with van der Waals surface area (Å²) in [7, 11) is 0. The summed E-state index contributed by atoms with van der Waals surface area (Å²) in [5.74, 6) is -0.0948. The van der Waals surface area contributed by atoms with E-state index < -0.39 is 6.04 Å². The quantitative estimate of drug-likeness (QED) is 0.708. The molecule has 0 aliphatic carbocycles. The lowest BCUT2D eigenvalue weighted by Gasteiger charge is -2.24. The number of amides is 2. The van der Waals surface area contributed by atoms with Crippen LogP contribution in [0.2, 0.25) is 5.02 Å². The number of nitrogens with one attached hydrogen (secondary N) is 2. The van der Waals surface area contributed by atoms with Crippen molar-refractivity contribution in [1.29, 1.82) is 0 Å². The van der Waals surface area contributed by atoms with Crippen LogP contribution in [-0.2, 0) is 22.7 Å². The minimum Gasteiger partial charge on any atom is -0.361 e. The van der Waals surface area contributed by atoms with E-state index in [1.807, 2.05) is 42.6 Å². The molecule has 2 N–H and O–H groups in total. The van der Waals surface area contributed by atoms with E-state index in [4.69, 9.17) is 11.6 Å². The Bertz CT molecular complexity index is 981. The molecule has 0 bridgehead atoms. The van der Waals surface area contributed by atoms with E-state index >= 15 is 0 Å². The van der Waals surface area contributed by atoms with Crippen molar-refractivity contribution in [3.05, 3.63) is 70.9 Å². The molecule has 1 unspecified atom stereocenters. The number of aromatic amines is 1. The summed E-state index contributed by atoms with van der Waals surface area (Å²) >= 11 is 5.89. The number of carbonyl (C=O) groups excluding carboxylic acids is 2. The Morgan fingerprint density at radius 3 is 2.78 bits per heavy atom.